The van der Waals surface area contributed by atoms with Crippen LogP contribution in [0.4, 0.5) is 0 Å². The van der Waals surface area contributed by atoms with Gasteiger partial charge in [0.25, 0.3) is 0 Å². The summed E-state index contributed by atoms with van der Waals surface area (Å²) >= 11 is 12.6. The number of esters is 1. The highest BCUT2D eigenvalue weighted by Gasteiger charge is 2.23. The van der Waals surface area contributed by atoms with Crippen molar-refractivity contribution in [2.24, 2.45) is 0 Å². The minimum absolute atomic E-state index is 0.0552. The molecule has 142 valence electrons. The molecular weight excluding hydrogens is 423 g/mol. The molecule has 1 heterocycles. The van der Waals surface area contributed by atoms with Crippen LogP contribution < -0.4 is 0 Å². The predicted molar refractivity (Wildman–Crippen MR) is 100 cm³/mol. The van der Waals surface area contributed by atoms with E-state index in [2.05, 4.69) is 0 Å². The van der Waals surface area contributed by atoms with Crippen LogP contribution in [0.3, 0.4) is 0 Å². The molecule has 6 nitrogen and oxygen atoms in total. The second-order valence-electron chi connectivity index (χ2n) is 5.13. The van der Waals surface area contributed by atoms with Crippen LogP contribution in [-0.2, 0) is 25.1 Å². The first-order valence-corrected chi connectivity index (χ1v) is 10.7. The molecule has 1 aromatic heterocycles. The number of carbonyl (C=O) groups is 1. The summed E-state index contributed by atoms with van der Waals surface area (Å²) in [4.78, 5) is 11.8. The van der Waals surface area contributed by atoms with Gasteiger partial charge in [-0.05, 0) is 30.7 Å². The van der Waals surface area contributed by atoms with Gasteiger partial charge >= 0.3 is 5.97 Å². The number of hydrogen-bond donors (Lipinski definition) is 1. The lowest BCUT2D eigenvalue weighted by Crippen LogP contribution is -2.11. The smallest absolute Gasteiger partial charge is 0.341 e. The third kappa shape index (κ3) is 5.34. The van der Waals surface area contributed by atoms with Gasteiger partial charge in [0, 0.05) is 6.61 Å². The molecule has 0 atom stereocenters. The van der Waals surface area contributed by atoms with E-state index in [0.29, 0.717) is 12.2 Å². The predicted octanol–water partition coefficient (Wildman–Crippen LogP) is 3.93. The molecule has 1 aromatic carbocycles. The van der Waals surface area contributed by atoms with Gasteiger partial charge in [0.2, 0.25) is 0 Å². The Labute approximate surface area is 165 Å². The third-order valence-electron chi connectivity index (χ3n) is 3.26. The summed E-state index contributed by atoms with van der Waals surface area (Å²) in [6.07, 6.45) is 0. The standard InChI is InChI=1S/C16H16Cl2O6S2/c1-2-23-5-6-24-16(20)11-4-3-10(7-12(11)19)9-26(21,22)13-8-14(17)25-15(13)18/h3-4,7-8,19H,2,5-6,9H2,1H3. The summed E-state index contributed by atoms with van der Waals surface area (Å²) in [5.74, 6) is -1.48. The van der Waals surface area contributed by atoms with Gasteiger partial charge in [0.1, 0.15) is 22.3 Å². The molecular formula is C16H16Cl2O6S2. The molecule has 0 unspecified atom stereocenters. The molecule has 0 spiro atoms. The molecule has 0 bridgehead atoms. The first-order chi connectivity index (χ1) is 12.2. The van der Waals surface area contributed by atoms with E-state index >= 15 is 0 Å². The highest BCUT2D eigenvalue weighted by molar-refractivity contribution is 7.91. The van der Waals surface area contributed by atoms with Crippen molar-refractivity contribution in [3.05, 3.63) is 44.1 Å². The van der Waals surface area contributed by atoms with Crippen LogP contribution in [0.25, 0.3) is 0 Å². The van der Waals surface area contributed by atoms with Crippen molar-refractivity contribution in [2.45, 2.75) is 17.6 Å². The molecule has 1 N–H and O–H groups in total. The van der Waals surface area contributed by atoms with Crippen molar-refractivity contribution in [1.29, 1.82) is 0 Å². The van der Waals surface area contributed by atoms with Gasteiger partial charge < -0.3 is 14.6 Å². The molecule has 26 heavy (non-hydrogen) atoms. The summed E-state index contributed by atoms with van der Waals surface area (Å²) in [6.45, 7) is 2.63. The number of ether oxygens (including phenoxy) is 2. The first-order valence-electron chi connectivity index (χ1n) is 7.49. The number of carbonyl (C=O) groups excluding carboxylic acids is 1. The molecule has 0 aliphatic rings. The number of thiophene rings is 1. The Morgan fingerprint density at radius 1 is 1.23 bits per heavy atom. The number of phenols is 1. The molecule has 0 amide bonds. The topological polar surface area (TPSA) is 89.9 Å². The zero-order valence-electron chi connectivity index (χ0n) is 13.7. The van der Waals surface area contributed by atoms with E-state index in [1.165, 1.54) is 24.3 Å². The molecule has 0 aliphatic carbocycles. The Balaban J connectivity index is 2.11. The van der Waals surface area contributed by atoms with E-state index in [1.54, 1.807) is 0 Å². The average molecular weight is 439 g/mol. The number of phenolic OH excluding ortho intramolecular Hbond substituents is 1. The number of halogens is 2. The number of hydrogen-bond acceptors (Lipinski definition) is 7. The zero-order valence-corrected chi connectivity index (χ0v) is 16.8. The summed E-state index contributed by atoms with van der Waals surface area (Å²) in [7, 11) is -3.74. The summed E-state index contributed by atoms with van der Waals surface area (Å²) < 4.78 is 35.3. The van der Waals surface area contributed by atoms with Crippen molar-refractivity contribution < 1.29 is 27.8 Å². The molecule has 0 saturated heterocycles. The number of aromatic hydroxyl groups is 1. The van der Waals surface area contributed by atoms with Crippen molar-refractivity contribution in [1.82, 2.24) is 0 Å². The van der Waals surface area contributed by atoms with E-state index < -0.39 is 21.6 Å². The van der Waals surface area contributed by atoms with Crippen LogP contribution >= 0.6 is 34.5 Å². The van der Waals surface area contributed by atoms with E-state index in [-0.39, 0.29) is 38.1 Å². The molecule has 0 aliphatic heterocycles. The molecule has 10 heteroatoms. The zero-order chi connectivity index (χ0) is 19.3. The van der Waals surface area contributed by atoms with Crippen molar-refractivity contribution in [2.75, 3.05) is 19.8 Å². The van der Waals surface area contributed by atoms with Gasteiger partial charge in [-0.3, -0.25) is 0 Å². The summed E-state index contributed by atoms with van der Waals surface area (Å²) in [5, 5.41) is 10.0. The fraction of sp³-hybridized carbons (Fsp3) is 0.312. The van der Waals surface area contributed by atoms with Crippen LogP contribution in [0.2, 0.25) is 8.67 Å². The van der Waals surface area contributed by atoms with E-state index in [9.17, 15) is 18.3 Å². The molecule has 2 aromatic rings. The lowest BCUT2D eigenvalue weighted by molar-refractivity contribution is 0.0332. The van der Waals surface area contributed by atoms with Crippen LogP contribution in [0, 0.1) is 0 Å². The maximum Gasteiger partial charge on any atom is 0.341 e. The average Bonchev–Trinajstić information content (AvgIpc) is 2.90. The molecule has 0 fully saturated rings. The minimum atomic E-state index is -3.74. The quantitative estimate of drug-likeness (QED) is 0.495. The summed E-state index contributed by atoms with van der Waals surface area (Å²) in [6, 6.07) is 5.23. The Kier molecular flexibility index (Phi) is 7.31. The minimum Gasteiger partial charge on any atom is -0.507 e. The van der Waals surface area contributed by atoms with Crippen LogP contribution in [0.15, 0.2) is 29.2 Å². The van der Waals surface area contributed by atoms with Gasteiger partial charge in [0.15, 0.2) is 9.84 Å². The second-order valence-corrected chi connectivity index (χ2v) is 9.38. The molecule has 0 radical (unpaired) electrons. The Hall–Kier alpha value is -1.32. The highest BCUT2D eigenvalue weighted by Crippen LogP contribution is 2.36. The van der Waals surface area contributed by atoms with E-state index in [1.807, 2.05) is 6.92 Å². The molecule has 0 saturated carbocycles. The molecule has 2 rings (SSSR count). The van der Waals surface area contributed by atoms with Gasteiger partial charge in [0.05, 0.1) is 21.6 Å². The van der Waals surface area contributed by atoms with Gasteiger partial charge in [-0.15, -0.1) is 11.3 Å². The van der Waals surface area contributed by atoms with Crippen LogP contribution in [-0.4, -0.2) is 39.3 Å². The van der Waals surface area contributed by atoms with Crippen molar-refractivity contribution in [3.8, 4) is 5.75 Å². The lowest BCUT2D eigenvalue weighted by atomic mass is 10.1. The van der Waals surface area contributed by atoms with Gasteiger partial charge in [-0.2, -0.15) is 0 Å². The van der Waals surface area contributed by atoms with Gasteiger partial charge in [-0.25, -0.2) is 13.2 Å². The van der Waals surface area contributed by atoms with Crippen LogP contribution in [0.5, 0.6) is 5.75 Å². The maximum absolute atomic E-state index is 12.4. The SMILES string of the molecule is CCOCCOC(=O)c1ccc(CS(=O)(=O)c2cc(Cl)sc2Cl)cc1O. The Morgan fingerprint density at radius 2 is 1.96 bits per heavy atom. The van der Waals surface area contributed by atoms with E-state index in [0.717, 1.165) is 11.3 Å². The largest absolute Gasteiger partial charge is 0.507 e. The third-order valence-corrected chi connectivity index (χ3v) is 6.70. The Morgan fingerprint density at radius 3 is 2.54 bits per heavy atom. The van der Waals surface area contributed by atoms with Crippen LogP contribution in [0.1, 0.15) is 22.8 Å². The van der Waals surface area contributed by atoms with Crippen molar-refractivity contribution in [3.63, 3.8) is 0 Å². The fourth-order valence-corrected chi connectivity index (χ4v) is 5.67. The first kappa shape index (κ1) is 21.0. The number of rotatable bonds is 8. The summed E-state index contributed by atoms with van der Waals surface area (Å²) in [5.41, 5.74) is 0.242. The normalized spacial score (nSPS) is 11.5. The number of sulfone groups is 1. The monoisotopic (exact) mass is 438 g/mol. The Bertz CT molecular complexity index is 892. The van der Waals surface area contributed by atoms with Gasteiger partial charge in [-0.1, -0.05) is 29.3 Å². The second kappa shape index (κ2) is 9.05. The number of benzene rings is 1. The highest BCUT2D eigenvalue weighted by atomic mass is 35.5. The maximum atomic E-state index is 12.4. The van der Waals surface area contributed by atoms with Crippen molar-refractivity contribution >= 4 is 50.3 Å². The fourth-order valence-electron chi connectivity index (χ4n) is 2.09. The lowest BCUT2D eigenvalue weighted by Gasteiger charge is -2.08. The van der Waals surface area contributed by atoms with E-state index in [4.69, 9.17) is 32.7 Å².